The molecule has 2 rings (SSSR count). The van der Waals surface area contributed by atoms with Crippen LogP contribution >= 0.6 is 11.8 Å². The van der Waals surface area contributed by atoms with E-state index in [0.29, 0.717) is 18.0 Å². The van der Waals surface area contributed by atoms with Crippen LogP contribution in [-0.2, 0) is 11.3 Å². The second kappa shape index (κ2) is 8.59. The first kappa shape index (κ1) is 18.1. The number of amides is 1. The van der Waals surface area contributed by atoms with Gasteiger partial charge in [0.25, 0.3) is 0 Å². The molecule has 0 aromatic heterocycles. The van der Waals surface area contributed by atoms with Crippen molar-refractivity contribution in [3.63, 3.8) is 0 Å². The Morgan fingerprint density at radius 2 is 1.79 bits per heavy atom. The molecule has 0 saturated carbocycles. The Morgan fingerprint density at radius 3 is 2.42 bits per heavy atom. The number of halogens is 1. The van der Waals surface area contributed by atoms with Crippen LogP contribution in [0.2, 0.25) is 0 Å². The third-order valence-corrected chi connectivity index (χ3v) is 4.51. The highest BCUT2D eigenvalue weighted by Crippen LogP contribution is 2.33. The number of hydrogen-bond donors (Lipinski definition) is 1. The van der Waals surface area contributed by atoms with Crippen molar-refractivity contribution < 1.29 is 18.7 Å². The topological polar surface area (TPSA) is 47.6 Å². The lowest BCUT2D eigenvalue weighted by Gasteiger charge is -2.14. The maximum Gasteiger partial charge on any atom is 0.233 e. The van der Waals surface area contributed by atoms with E-state index in [9.17, 15) is 9.18 Å². The summed E-state index contributed by atoms with van der Waals surface area (Å²) >= 11 is 1.43. The third kappa shape index (κ3) is 4.89. The molecule has 0 spiro atoms. The van der Waals surface area contributed by atoms with Crippen LogP contribution in [0.15, 0.2) is 47.4 Å². The smallest absolute Gasteiger partial charge is 0.233 e. The van der Waals surface area contributed by atoms with Crippen molar-refractivity contribution in [3.8, 4) is 11.5 Å². The quantitative estimate of drug-likeness (QED) is 0.776. The fourth-order valence-electron chi connectivity index (χ4n) is 2.08. The zero-order valence-electron chi connectivity index (χ0n) is 13.8. The highest BCUT2D eigenvalue weighted by Gasteiger charge is 2.15. The maximum absolute atomic E-state index is 12.9. The summed E-state index contributed by atoms with van der Waals surface area (Å²) in [5.74, 6) is 0.901. The van der Waals surface area contributed by atoms with Crippen molar-refractivity contribution in [2.24, 2.45) is 0 Å². The largest absolute Gasteiger partial charge is 0.493 e. The van der Waals surface area contributed by atoms with E-state index in [4.69, 9.17) is 9.47 Å². The fourth-order valence-corrected chi connectivity index (χ4v) is 3.00. The van der Waals surface area contributed by atoms with E-state index in [2.05, 4.69) is 5.32 Å². The molecule has 2 aromatic carbocycles. The minimum Gasteiger partial charge on any atom is -0.493 e. The lowest BCUT2D eigenvalue weighted by Crippen LogP contribution is -2.30. The highest BCUT2D eigenvalue weighted by atomic mass is 32.2. The van der Waals surface area contributed by atoms with E-state index in [1.807, 2.05) is 25.1 Å². The predicted octanol–water partition coefficient (Wildman–Crippen LogP) is 3.64. The number of hydrogen-bond acceptors (Lipinski definition) is 4. The number of nitrogens with one attached hydrogen (secondary N) is 1. The summed E-state index contributed by atoms with van der Waals surface area (Å²) in [5.41, 5.74) is 0.855. The normalized spacial score (nSPS) is 11.7. The number of carbonyl (C=O) groups excluding carboxylic acids is 1. The molecule has 0 aliphatic carbocycles. The Hall–Kier alpha value is -2.21. The average Bonchev–Trinajstić information content (AvgIpc) is 2.60. The first-order chi connectivity index (χ1) is 11.5. The van der Waals surface area contributed by atoms with Crippen LogP contribution in [0.4, 0.5) is 4.39 Å². The molecule has 0 unspecified atom stereocenters. The Kier molecular flexibility index (Phi) is 6.49. The van der Waals surface area contributed by atoms with Crippen LogP contribution in [0.1, 0.15) is 12.5 Å². The van der Waals surface area contributed by atoms with E-state index in [0.717, 1.165) is 10.5 Å². The summed E-state index contributed by atoms with van der Waals surface area (Å²) in [6.45, 7) is 2.21. The van der Waals surface area contributed by atoms with E-state index < -0.39 is 0 Å². The Balaban J connectivity index is 1.92. The number of ether oxygens (including phenoxy) is 2. The van der Waals surface area contributed by atoms with E-state index in [-0.39, 0.29) is 17.0 Å². The lowest BCUT2D eigenvalue weighted by molar-refractivity contribution is -0.120. The summed E-state index contributed by atoms with van der Waals surface area (Å²) in [6.07, 6.45) is 0. The Bertz CT molecular complexity index is 691. The van der Waals surface area contributed by atoms with Gasteiger partial charge in [-0.2, -0.15) is 0 Å². The number of carbonyl (C=O) groups is 1. The number of methoxy groups -OCH3 is 2. The van der Waals surface area contributed by atoms with Crippen molar-refractivity contribution in [3.05, 3.63) is 53.8 Å². The van der Waals surface area contributed by atoms with Gasteiger partial charge < -0.3 is 14.8 Å². The minimum absolute atomic E-state index is 0.0842. The Labute approximate surface area is 145 Å². The predicted molar refractivity (Wildman–Crippen MR) is 93.1 cm³/mol. The molecule has 1 atom stereocenters. The molecule has 1 amide bonds. The van der Waals surface area contributed by atoms with Gasteiger partial charge in [0, 0.05) is 11.4 Å². The summed E-state index contributed by atoms with van der Waals surface area (Å²) in [4.78, 5) is 13.1. The van der Waals surface area contributed by atoms with Gasteiger partial charge in [-0.3, -0.25) is 4.79 Å². The summed E-state index contributed by atoms with van der Waals surface area (Å²) < 4.78 is 23.3. The first-order valence-corrected chi connectivity index (χ1v) is 8.32. The van der Waals surface area contributed by atoms with Crippen molar-refractivity contribution >= 4 is 17.7 Å². The second-order valence-corrected chi connectivity index (χ2v) is 6.54. The number of benzene rings is 2. The van der Waals surface area contributed by atoms with Gasteiger partial charge in [-0.1, -0.05) is 12.1 Å². The van der Waals surface area contributed by atoms with Gasteiger partial charge in [-0.15, -0.1) is 11.8 Å². The monoisotopic (exact) mass is 349 g/mol. The summed E-state index contributed by atoms with van der Waals surface area (Å²) in [5, 5.41) is 2.58. The van der Waals surface area contributed by atoms with Crippen LogP contribution in [-0.4, -0.2) is 25.4 Å². The minimum atomic E-state index is -0.289. The van der Waals surface area contributed by atoms with Gasteiger partial charge in [-0.05, 0) is 42.8 Å². The zero-order valence-corrected chi connectivity index (χ0v) is 14.7. The SMILES string of the molecule is COc1ccc(S[C@H](C)C(=O)NCc2ccc(F)cc2)cc1OC. The fraction of sp³-hybridized carbons (Fsp3) is 0.278. The summed E-state index contributed by atoms with van der Waals surface area (Å²) in [7, 11) is 3.15. The van der Waals surface area contributed by atoms with Crippen LogP contribution in [0.25, 0.3) is 0 Å². The maximum atomic E-state index is 12.9. The molecule has 0 radical (unpaired) electrons. The van der Waals surface area contributed by atoms with Crippen molar-refractivity contribution in [2.45, 2.75) is 23.6 Å². The molecule has 0 bridgehead atoms. The van der Waals surface area contributed by atoms with Gasteiger partial charge in [0.15, 0.2) is 11.5 Å². The van der Waals surface area contributed by atoms with Crippen molar-refractivity contribution in [1.29, 1.82) is 0 Å². The van der Waals surface area contributed by atoms with Crippen LogP contribution < -0.4 is 14.8 Å². The standard InChI is InChI=1S/C18H20FNO3S/c1-12(18(21)20-11-13-4-6-14(19)7-5-13)24-15-8-9-16(22-2)17(10-15)23-3/h4-10,12H,11H2,1-3H3,(H,20,21)/t12-/m1/s1. The molecule has 2 aromatic rings. The van der Waals surface area contributed by atoms with Crippen LogP contribution in [0.5, 0.6) is 11.5 Å². The van der Waals surface area contributed by atoms with Gasteiger partial charge in [0.05, 0.1) is 19.5 Å². The zero-order chi connectivity index (χ0) is 17.5. The average molecular weight is 349 g/mol. The molecular weight excluding hydrogens is 329 g/mol. The lowest BCUT2D eigenvalue weighted by atomic mass is 10.2. The molecular formula is C18H20FNO3S. The van der Waals surface area contributed by atoms with Gasteiger partial charge in [-0.25, -0.2) is 4.39 Å². The third-order valence-electron chi connectivity index (χ3n) is 3.42. The van der Waals surface area contributed by atoms with Crippen LogP contribution in [0, 0.1) is 5.82 Å². The molecule has 0 aliphatic rings. The molecule has 128 valence electrons. The molecule has 0 saturated heterocycles. The molecule has 6 heteroatoms. The van der Waals surface area contributed by atoms with Gasteiger partial charge in [0.1, 0.15) is 5.82 Å². The molecule has 4 nitrogen and oxygen atoms in total. The molecule has 0 heterocycles. The number of thioether (sulfide) groups is 1. The molecule has 1 N–H and O–H groups in total. The van der Waals surface area contributed by atoms with E-state index in [1.54, 1.807) is 26.4 Å². The molecule has 0 fully saturated rings. The van der Waals surface area contributed by atoms with Crippen molar-refractivity contribution in [2.75, 3.05) is 14.2 Å². The number of rotatable bonds is 7. The second-order valence-electron chi connectivity index (χ2n) is 5.12. The highest BCUT2D eigenvalue weighted by molar-refractivity contribution is 8.00. The Morgan fingerprint density at radius 1 is 1.12 bits per heavy atom. The molecule has 0 aliphatic heterocycles. The first-order valence-electron chi connectivity index (χ1n) is 7.44. The van der Waals surface area contributed by atoms with Crippen molar-refractivity contribution in [1.82, 2.24) is 5.32 Å². The van der Waals surface area contributed by atoms with Gasteiger partial charge >= 0.3 is 0 Å². The van der Waals surface area contributed by atoms with E-state index in [1.165, 1.54) is 23.9 Å². The van der Waals surface area contributed by atoms with Crippen LogP contribution in [0.3, 0.4) is 0 Å². The van der Waals surface area contributed by atoms with E-state index >= 15 is 0 Å². The molecule has 24 heavy (non-hydrogen) atoms. The van der Waals surface area contributed by atoms with Gasteiger partial charge in [0.2, 0.25) is 5.91 Å². The summed E-state index contributed by atoms with van der Waals surface area (Å²) in [6, 6.07) is 11.6.